The third-order valence-corrected chi connectivity index (χ3v) is 1.17. The minimum Gasteiger partial charge on any atom is -0.474 e. The van der Waals surface area contributed by atoms with Crippen molar-refractivity contribution in [3.63, 3.8) is 0 Å². The third kappa shape index (κ3) is 1.56. The molecule has 1 aromatic rings. The molecule has 1 unspecified atom stereocenters. The Bertz CT molecular complexity index is 267. The molecule has 0 aliphatic rings. The van der Waals surface area contributed by atoms with Crippen molar-refractivity contribution in [2.75, 3.05) is 0 Å². The predicted molar refractivity (Wildman–Crippen MR) is 36.1 cm³/mol. The zero-order valence-corrected chi connectivity index (χ0v) is 5.94. The van der Waals surface area contributed by atoms with Gasteiger partial charge in [0.05, 0.1) is 5.69 Å². The number of carbonyl (C=O) groups is 1. The summed E-state index contributed by atoms with van der Waals surface area (Å²) < 4.78 is 4.60. The van der Waals surface area contributed by atoms with Crippen molar-refractivity contribution in [3.8, 4) is 0 Å². The van der Waals surface area contributed by atoms with Gasteiger partial charge in [-0.25, -0.2) is 9.78 Å². The van der Waals surface area contributed by atoms with Gasteiger partial charge in [-0.05, 0) is 6.92 Å². The molecule has 0 fully saturated rings. The summed E-state index contributed by atoms with van der Waals surface area (Å²) in [5.74, 6) is -1.51. The Kier molecular flexibility index (Phi) is 1.91. The summed E-state index contributed by atoms with van der Waals surface area (Å²) in [7, 11) is 0. The second-order valence-electron chi connectivity index (χ2n) is 2.17. The van der Waals surface area contributed by atoms with Gasteiger partial charge < -0.3 is 15.3 Å². The first-order valence-corrected chi connectivity index (χ1v) is 3.05. The molecule has 0 aliphatic heterocycles. The van der Waals surface area contributed by atoms with E-state index in [0.717, 1.165) is 0 Å². The Labute approximate surface area is 62.8 Å². The zero-order valence-electron chi connectivity index (χ0n) is 5.94. The minimum absolute atomic E-state index is 0.299. The van der Waals surface area contributed by atoms with Crippen LogP contribution in [0.15, 0.2) is 10.7 Å². The fourth-order valence-corrected chi connectivity index (χ4v) is 0.594. The zero-order chi connectivity index (χ0) is 8.43. The molecule has 0 bridgehead atoms. The van der Waals surface area contributed by atoms with Crippen molar-refractivity contribution in [1.82, 2.24) is 4.98 Å². The first kappa shape index (κ1) is 7.74. The minimum atomic E-state index is -1.18. The number of oxazole rings is 1. The Hall–Kier alpha value is -1.36. The molecule has 1 aromatic heterocycles. The maximum absolute atomic E-state index is 10.2. The maximum atomic E-state index is 10.2. The van der Waals surface area contributed by atoms with Crippen LogP contribution in [0.25, 0.3) is 0 Å². The van der Waals surface area contributed by atoms with Crippen LogP contribution in [0.5, 0.6) is 0 Å². The van der Waals surface area contributed by atoms with Crippen LogP contribution in [0.4, 0.5) is 0 Å². The average molecular weight is 156 g/mol. The topological polar surface area (TPSA) is 89.3 Å². The van der Waals surface area contributed by atoms with Gasteiger partial charge >= 0.3 is 11.9 Å². The number of aromatic carboxylic acids is 1. The molecule has 0 saturated carbocycles. The number of nitrogens with two attached hydrogens (primary N) is 1. The van der Waals surface area contributed by atoms with Crippen molar-refractivity contribution >= 4 is 5.97 Å². The molecule has 60 valence electrons. The van der Waals surface area contributed by atoms with Gasteiger partial charge in [-0.15, -0.1) is 0 Å². The second-order valence-corrected chi connectivity index (χ2v) is 2.17. The summed E-state index contributed by atoms with van der Waals surface area (Å²) in [5.41, 5.74) is 5.86. The van der Waals surface area contributed by atoms with Gasteiger partial charge in [-0.1, -0.05) is 0 Å². The normalized spacial score (nSPS) is 12.9. The van der Waals surface area contributed by atoms with Crippen LogP contribution in [0, 0.1) is 0 Å². The van der Waals surface area contributed by atoms with Crippen LogP contribution in [0.1, 0.15) is 29.3 Å². The average Bonchev–Trinajstić information content (AvgIpc) is 2.33. The van der Waals surface area contributed by atoms with E-state index in [4.69, 9.17) is 10.8 Å². The molecular weight excluding hydrogens is 148 g/mol. The lowest BCUT2D eigenvalue weighted by Gasteiger charge is -1.94. The number of rotatable bonds is 2. The van der Waals surface area contributed by atoms with Gasteiger partial charge in [0.25, 0.3) is 0 Å². The first-order chi connectivity index (χ1) is 5.11. The van der Waals surface area contributed by atoms with Gasteiger partial charge in [0.1, 0.15) is 6.26 Å². The lowest BCUT2D eigenvalue weighted by atomic mass is 10.3. The summed E-state index contributed by atoms with van der Waals surface area (Å²) >= 11 is 0. The molecule has 1 atom stereocenters. The molecule has 0 spiro atoms. The van der Waals surface area contributed by atoms with E-state index in [9.17, 15) is 4.79 Å². The standard InChI is InChI=1S/C6H8N2O3/c1-3(7)4-2-11-5(8-4)6(9)10/h2-3H,7H2,1H3,(H,9,10). The van der Waals surface area contributed by atoms with Crippen molar-refractivity contribution in [2.45, 2.75) is 13.0 Å². The molecule has 0 amide bonds. The SMILES string of the molecule is CC(N)c1coc(C(=O)O)n1. The highest BCUT2D eigenvalue weighted by atomic mass is 16.4. The second kappa shape index (κ2) is 2.71. The molecule has 1 rings (SSSR count). The number of hydrogen-bond donors (Lipinski definition) is 2. The highest BCUT2D eigenvalue weighted by Crippen LogP contribution is 2.08. The molecule has 5 heteroatoms. The summed E-state index contributed by atoms with van der Waals surface area (Å²) in [5, 5.41) is 8.38. The largest absolute Gasteiger partial charge is 0.474 e. The van der Waals surface area contributed by atoms with E-state index in [1.165, 1.54) is 6.26 Å². The Balaban J connectivity index is 2.90. The van der Waals surface area contributed by atoms with Gasteiger partial charge in [0, 0.05) is 6.04 Å². The van der Waals surface area contributed by atoms with Crippen molar-refractivity contribution in [1.29, 1.82) is 0 Å². The quantitative estimate of drug-likeness (QED) is 0.646. The smallest absolute Gasteiger partial charge is 0.392 e. The van der Waals surface area contributed by atoms with E-state index in [1.807, 2.05) is 0 Å². The Morgan fingerprint density at radius 1 is 1.91 bits per heavy atom. The van der Waals surface area contributed by atoms with E-state index in [-0.39, 0.29) is 11.9 Å². The molecule has 0 saturated heterocycles. The lowest BCUT2D eigenvalue weighted by molar-refractivity contribution is 0.0653. The molecule has 0 radical (unpaired) electrons. The van der Waals surface area contributed by atoms with Crippen molar-refractivity contribution in [2.24, 2.45) is 5.73 Å². The van der Waals surface area contributed by atoms with Crippen LogP contribution in [0.3, 0.4) is 0 Å². The fourth-order valence-electron chi connectivity index (χ4n) is 0.594. The Morgan fingerprint density at radius 3 is 2.82 bits per heavy atom. The summed E-state index contributed by atoms with van der Waals surface area (Å²) in [6, 6.07) is -0.299. The number of hydrogen-bond acceptors (Lipinski definition) is 4. The van der Waals surface area contributed by atoms with Crippen molar-refractivity contribution < 1.29 is 14.3 Å². The predicted octanol–water partition coefficient (Wildman–Crippen LogP) is 0.393. The summed E-state index contributed by atoms with van der Waals surface area (Å²) in [6.45, 7) is 1.70. The van der Waals surface area contributed by atoms with E-state index < -0.39 is 5.97 Å². The fraction of sp³-hybridized carbons (Fsp3) is 0.333. The molecular formula is C6H8N2O3. The van der Waals surface area contributed by atoms with E-state index in [1.54, 1.807) is 6.92 Å². The molecule has 0 aromatic carbocycles. The maximum Gasteiger partial charge on any atom is 0.392 e. The summed E-state index contributed by atoms with van der Waals surface area (Å²) in [6.07, 6.45) is 1.24. The van der Waals surface area contributed by atoms with E-state index >= 15 is 0 Å². The van der Waals surface area contributed by atoms with Crippen LogP contribution in [-0.2, 0) is 0 Å². The van der Waals surface area contributed by atoms with Crippen LogP contribution in [0.2, 0.25) is 0 Å². The molecule has 0 aliphatic carbocycles. The van der Waals surface area contributed by atoms with Crippen LogP contribution < -0.4 is 5.73 Å². The van der Waals surface area contributed by atoms with Crippen LogP contribution in [-0.4, -0.2) is 16.1 Å². The molecule has 3 N–H and O–H groups in total. The van der Waals surface area contributed by atoms with E-state index in [2.05, 4.69) is 9.40 Å². The Morgan fingerprint density at radius 2 is 2.55 bits per heavy atom. The molecule has 11 heavy (non-hydrogen) atoms. The lowest BCUT2D eigenvalue weighted by Crippen LogP contribution is -2.06. The number of nitrogens with zero attached hydrogens (tertiary/aromatic N) is 1. The number of carboxylic acids is 1. The number of carboxylic acid groups (broad SMARTS) is 1. The van der Waals surface area contributed by atoms with Crippen LogP contribution >= 0.6 is 0 Å². The molecule has 1 heterocycles. The number of aromatic nitrogens is 1. The van der Waals surface area contributed by atoms with Gasteiger partial charge in [-0.3, -0.25) is 0 Å². The highest BCUT2D eigenvalue weighted by Gasteiger charge is 2.12. The first-order valence-electron chi connectivity index (χ1n) is 3.05. The third-order valence-electron chi connectivity index (χ3n) is 1.17. The van der Waals surface area contributed by atoms with Gasteiger partial charge in [0.15, 0.2) is 0 Å². The van der Waals surface area contributed by atoms with Gasteiger partial charge in [0.2, 0.25) is 0 Å². The molecule has 5 nitrogen and oxygen atoms in total. The monoisotopic (exact) mass is 156 g/mol. The van der Waals surface area contributed by atoms with Crippen molar-refractivity contribution in [3.05, 3.63) is 17.8 Å². The highest BCUT2D eigenvalue weighted by molar-refractivity contribution is 5.82. The van der Waals surface area contributed by atoms with Gasteiger partial charge in [-0.2, -0.15) is 0 Å². The summed E-state index contributed by atoms with van der Waals surface area (Å²) in [4.78, 5) is 13.9. The van der Waals surface area contributed by atoms with E-state index in [0.29, 0.717) is 5.69 Å².